The Morgan fingerprint density at radius 2 is 1.70 bits per heavy atom. The number of halogens is 4. The van der Waals surface area contributed by atoms with Gasteiger partial charge < -0.3 is 4.57 Å². The van der Waals surface area contributed by atoms with E-state index in [2.05, 4.69) is 26.1 Å². The maximum absolute atomic E-state index is 12.5. The van der Waals surface area contributed by atoms with Crippen molar-refractivity contribution in [2.45, 2.75) is 31.4 Å². The zero-order chi connectivity index (χ0) is 14.8. The molecule has 0 N–H and O–H groups in total. The van der Waals surface area contributed by atoms with Crippen LogP contribution in [0, 0.1) is 0 Å². The van der Waals surface area contributed by atoms with Crippen molar-refractivity contribution in [2.24, 2.45) is 0 Å². The highest BCUT2D eigenvalue weighted by Gasteiger charge is 2.29. The number of alkyl halides is 4. The summed E-state index contributed by atoms with van der Waals surface area (Å²) in [5.41, 5.74) is 0.139. The van der Waals surface area contributed by atoms with Gasteiger partial charge in [-0.1, -0.05) is 28.1 Å². The van der Waals surface area contributed by atoms with Crippen LogP contribution in [0.1, 0.15) is 29.7 Å². The van der Waals surface area contributed by atoms with Crippen LogP contribution in [0.3, 0.4) is 0 Å². The molecule has 20 heavy (non-hydrogen) atoms. The second kappa shape index (κ2) is 5.95. The van der Waals surface area contributed by atoms with Crippen molar-refractivity contribution in [2.75, 3.05) is 0 Å². The summed E-state index contributed by atoms with van der Waals surface area (Å²) in [5.74, 6) is 1.57. The van der Waals surface area contributed by atoms with E-state index in [1.165, 1.54) is 12.1 Å². The van der Waals surface area contributed by atoms with Crippen molar-refractivity contribution in [1.29, 1.82) is 0 Å². The van der Waals surface area contributed by atoms with Gasteiger partial charge in [-0.3, -0.25) is 0 Å². The first-order chi connectivity index (χ1) is 9.45. The first-order valence-corrected chi connectivity index (χ1v) is 7.21. The van der Waals surface area contributed by atoms with Crippen LogP contribution in [-0.2, 0) is 24.5 Å². The van der Waals surface area contributed by atoms with Crippen LogP contribution in [0.15, 0.2) is 24.3 Å². The van der Waals surface area contributed by atoms with Gasteiger partial charge in [-0.15, -0.1) is 10.2 Å². The highest BCUT2D eigenvalue weighted by Crippen LogP contribution is 2.29. The number of hydrogen-bond acceptors (Lipinski definition) is 2. The molecule has 0 atom stereocenters. The first-order valence-electron chi connectivity index (χ1n) is 6.08. The number of rotatable bonds is 4. The Labute approximate surface area is 123 Å². The minimum atomic E-state index is -4.30. The van der Waals surface area contributed by atoms with Crippen LogP contribution in [0.5, 0.6) is 0 Å². The van der Waals surface area contributed by atoms with Crippen LogP contribution >= 0.6 is 15.9 Å². The molecule has 7 heteroatoms. The molecule has 0 saturated heterocycles. The van der Waals surface area contributed by atoms with E-state index >= 15 is 0 Å². The average molecular weight is 348 g/mol. The summed E-state index contributed by atoms with van der Waals surface area (Å²) in [4.78, 5) is 0. The number of benzene rings is 1. The summed E-state index contributed by atoms with van der Waals surface area (Å²) in [7, 11) is 0. The lowest BCUT2D eigenvalue weighted by Gasteiger charge is -2.08. The van der Waals surface area contributed by atoms with Crippen molar-refractivity contribution in [1.82, 2.24) is 14.8 Å². The molecule has 0 fully saturated rings. The first kappa shape index (κ1) is 15.0. The van der Waals surface area contributed by atoms with E-state index in [0.717, 1.165) is 35.9 Å². The van der Waals surface area contributed by atoms with E-state index < -0.39 is 11.7 Å². The number of aromatic nitrogens is 3. The molecule has 0 amide bonds. The summed E-state index contributed by atoms with van der Waals surface area (Å²) in [6, 6.07) is 5.14. The highest BCUT2D eigenvalue weighted by atomic mass is 79.9. The Balaban J connectivity index is 2.20. The molecular formula is C13H13BrF3N3. The predicted molar refractivity (Wildman–Crippen MR) is 72.6 cm³/mol. The van der Waals surface area contributed by atoms with Crippen LogP contribution < -0.4 is 0 Å². The molecule has 0 saturated carbocycles. The van der Waals surface area contributed by atoms with E-state index in [-0.39, 0.29) is 0 Å². The van der Waals surface area contributed by atoms with Gasteiger partial charge in [0.05, 0.1) is 10.9 Å². The normalized spacial score (nSPS) is 11.8. The Kier molecular flexibility index (Phi) is 4.47. The van der Waals surface area contributed by atoms with Gasteiger partial charge in [-0.25, -0.2) is 0 Å². The van der Waals surface area contributed by atoms with Gasteiger partial charge in [-0.2, -0.15) is 13.2 Å². The van der Waals surface area contributed by atoms with Crippen molar-refractivity contribution in [3.8, 4) is 0 Å². The maximum Gasteiger partial charge on any atom is 0.416 e. The van der Waals surface area contributed by atoms with Gasteiger partial charge >= 0.3 is 6.18 Å². The molecule has 3 nitrogen and oxygen atoms in total. The monoisotopic (exact) mass is 347 g/mol. The highest BCUT2D eigenvalue weighted by molar-refractivity contribution is 9.08. The third kappa shape index (κ3) is 3.20. The summed E-state index contributed by atoms with van der Waals surface area (Å²) < 4.78 is 39.4. The van der Waals surface area contributed by atoms with E-state index in [9.17, 15) is 13.2 Å². The predicted octanol–water partition coefficient (Wildman–Crippen LogP) is 3.80. The van der Waals surface area contributed by atoms with Gasteiger partial charge in [0, 0.05) is 13.0 Å². The Hall–Kier alpha value is -1.37. The lowest BCUT2D eigenvalue weighted by Crippen LogP contribution is -2.07. The summed E-state index contributed by atoms with van der Waals surface area (Å²) >= 11 is 3.33. The Morgan fingerprint density at radius 3 is 2.20 bits per heavy atom. The van der Waals surface area contributed by atoms with Crippen LogP contribution in [-0.4, -0.2) is 14.8 Å². The molecule has 0 spiro atoms. The van der Waals surface area contributed by atoms with Crippen molar-refractivity contribution < 1.29 is 13.2 Å². The molecule has 1 aromatic carbocycles. The lowest BCUT2D eigenvalue weighted by molar-refractivity contribution is -0.137. The third-order valence-corrected chi connectivity index (χ3v) is 3.48. The molecule has 0 radical (unpaired) electrons. The lowest BCUT2D eigenvalue weighted by atomic mass is 10.1. The minimum absolute atomic E-state index is 0.464. The fourth-order valence-electron chi connectivity index (χ4n) is 1.96. The molecule has 0 aliphatic heterocycles. The quantitative estimate of drug-likeness (QED) is 0.787. The van der Waals surface area contributed by atoms with E-state index in [4.69, 9.17) is 0 Å². The fraction of sp³-hybridized carbons (Fsp3) is 0.385. The van der Waals surface area contributed by atoms with Crippen molar-refractivity contribution in [3.05, 3.63) is 47.0 Å². The standard InChI is InChI=1S/C13H13BrF3N3/c1-2-20-11(18-19-12(20)8-14)7-9-3-5-10(6-4-9)13(15,16)17/h3-6H,2,7-8H2,1H3. The second-order valence-electron chi connectivity index (χ2n) is 4.28. The molecule has 2 aromatic rings. The van der Waals surface area contributed by atoms with Gasteiger partial charge in [0.1, 0.15) is 11.6 Å². The Morgan fingerprint density at radius 1 is 1.10 bits per heavy atom. The zero-order valence-corrected chi connectivity index (χ0v) is 12.4. The number of nitrogens with zero attached hydrogens (tertiary/aromatic N) is 3. The molecule has 0 bridgehead atoms. The summed E-state index contributed by atoms with van der Waals surface area (Å²) in [6.45, 7) is 2.70. The van der Waals surface area contributed by atoms with Crippen molar-refractivity contribution >= 4 is 15.9 Å². The topological polar surface area (TPSA) is 30.7 Å². The van der Waals surface area contributed by atoms with Gasteiger partial charge in [0.15, 0.2) is 0 Å². The van der Waals surface area contributed by atoms with E-state index in [1.54, 1.807) is 0 Å². The summed E-state index contributed by atoms with van der Waals surface area (Å²) in [6.07, 6.45) is -3.84. The van der Waals surface area contributed by atoms with E-state index in [1.807, 2.05) is 11.5 Å². The fourth-order valence-corrected chi connectivity index (χ4v) is 2.38. The molecule has 0 aliphatic rings. The van der Waals surface area contributed by atoms with Crippen LogP contribution in [0.25, 0.3) is 0 Å². The number of hydrogen-bond donors (Lipinski definition) is 0. The smallest absolute Gasteiger partial charge is 0.314 e. The van der Waals surface area contributed by atoms with Crippen molar-refractivity contribution in [3.63, 3.8) is 0 Å². The average Bonchev–Trinajstić information content (AvgIpc) is 2.80. The van der Waals surface area contributed by atoms with Gasteiger partial charge in [0.2, 0.25) is 0 Å². The van der Waals surface area contributed by atoms with Crippen LogP contribution in [0.4, 0.5) is 13.2 Å². The molecule has 108 valence electrons. The second-order valence-corrected chi connectivity index (χ2v) is 4.84. The summed E-state index contributed by atoms with van der Waals surface area (Å²) in [5, 5.41) is 8.73. The molecule has 0 unspecified atom stereocenters. The zero-order valence-electron chi connectivity index (χ0n) is 10.8. The van der Waals surface area contributed by atoms with Crippen LogP contribution in [0.2, 0.25) is 0 Å². The molecule has 1 aromatic heterocycles. The largest absolute Gasteiger partial charge is 0.416 e. The Bertz CT molecular complexity index is 576. The third-order valence-electron chi connectivity index (χ3n) is 2.98. The molecular weight excluding hydrogens is 335 g/mol. The SMILES string of the molecule is CCn1c(CBr)nnc1Cc1ccc(C(F)(F)F)cc1. The molecule has 0 aliphatic carbocycles. The van der Waals surface area contributed by atoms with Gasteiger partial charge in [0.25, 0.3) is 0 Å². The minimum Gasteiger partial charge on any atom is -0.314 e. The maximum atomic E-state index is 12.5. The molecule has 1 heterocycles. The van der Waals surface area contributed by atoms with E-state index in [0.29, 0.717) is 11.8 Å². The molecule has 2 rings (SSSR count). The van der Waals surface area contributed by atoms with Gasteiger partial charge in [-0.05, 0) is 24.6 Å².